The lowest BCUT2D eigenvalue weighted by Gasteiger charge is -2.17. The maximum absolute atomic E-state index is 12.4. The van der Waals surface area contributed by atoms with Gasteiger partial charge in [0, 0.05) is 18.7 Å². The monoisotopic (exact) mass is 274 g/mol. The zero-order chi connectivity index (χ0) is 13.8. The fourth-order valence-corrected chi connectivity index (χ4v) is 2.99. The number of aromatic nitrogens is 1. The van der Waals surface area contributed by atoms with Crippen molar-refractivity contribution in [3.05, 3.63) is 40.9 Å². The summed E-state index contributed by atoms with van der Waals surface area (Å²) in [5.74, 6) is 0.0854. The van der Waals surface area contributed by atoms with Gasteiger partial charge in [0.2, 0.25) is 0 Å². The molecule has 19 heavy (non-hydrogen) atoms. The molecule has 0 N–H and O–H groups in total. The quantitative estimate of drug-likeness (QED) is 0.853. The predicted octanol–water partition coefficient (Wildman–Crippen LogP) is 3.60. The maximum atomic E-state index is 12.4. The second-order valence-electron chi connectivity index (χ2n) is 4.28. The van der Waals surface area contributed by atoms with E-state index in [0.717, 1.165) is 34.2 Å². The molecule has 0 bridgehead atoms. The lowest BCUT2D eigenvalue weighted by atomic mass is 10.2. The van der Waals surface area contributed by atoms with Crippen molar-refractivity contribution < 1.29 is 4.79 Å². The minimum absolute atomic E-state index is 0.0854. The van der Waals surface area contributed by atoms with E-state index in [1.165, 1.54) is 11.3 Å². The number of hydrogen-bond donors (Lipinski definition) is 0. The Morgan fingerprint density at radius 3 is 2.42 bits per heavy atom. The van der Waals surface area contributed by atoms with Crippen LogP contribution in [0, 0.1) is 6.92 Å². The van der Waals surface area contributed by atoms with Crippen molar-refractivity contribution in [3.8, 4) is 10.6 Å². The van der Waals surface area contributed by atoms with E-state index in [4.69, 9.17) is 0 Å². The normalized spacial score (nSPS) is 10.5. The van der Waals surface area contributed by atoms with Crippen molar-refractivity contribution in [2.24, 2.45) is 0 Å². The molecule has 4 heteroatoms. The number of thiazole rings is 1. The van der Waals surface area contributed by atoms with Crippen LogP contribution in [0.15, 0.2) is 30.3 Å². The lowest BCUT2D eigenvalue weighted by molar-refractivity contribution is 0.0777. The van der Waals surface area contributed by atoms with Crippen molar-refractivity contribution in [3.63, 3.8) is 0 Å². The second kappa shape index (κ2) is 5.97. The third-order valence-electron chi connectivity index (χ3n) is 3.06. The molecule has 0 aliphatic carbocycles. The van der Waals surface area contributed by atoms with Gasteiger partial charge in [-0.3, -0.25) is 4.79 Å². The smallest absolute Gasteiger partial charge is 0.265 e. The molecule has 0 aliphatic heterocycles. The van der Waals surface area contributed by atoms with Gasteiger partial charge in [-0.25, -0.2) is 4.98 Å². The van der Waals surface area contributed by atoms with Gasteiger partial charge in [0.25, 0.3) is 5.91 Å². The molecule has 0 aliphatic rings. The average molecular weight is 274 g/mol. The summed E-state index contributed by atoms with van der Waals surface area (Å²) in [5, 5.41) is 0.911. The molecule has 2 aromatic rings. The van der Waals surface area contributed by atoms with Crippen LogP contribution >= 0.6 is 11.3 Å². The summed E-state index contributed by atoms with van der Waals surface area (Å²) in [7, 11) is 0. The highest BCUT2D eigenvalue weighted by molar-refractivity contribution is 7.17. The van der Waals surface area contributed by atoms with Crippen LogP contribution in [0.3, 0.4) is 0 Å². The first kappa shape index (κ1) is 13.7. The molecule has 0 radical (unpaired) electrons. The molecule has 1 aromatic carbocycles. The number of hydrogen-bond acceptors (Lipinski definition) is 3. The maximum Gasteiger partial charge on any atom is 0.265 e. The van der Waals surface area contributed by atoms with Crippen LogP contribution in [-0.4, -0.2) is 28.9 Å². The topological polar surface area (TPSA) is 33.2 Å². The van der Waals surface area contributed by atoms with E-state index in [1.807, 2.05) is 56.0 Å². The van der Waals surface area contributed by atoms with Crippen LogP contribution in [0.1, 0.15) is 29.2 Å². The molecule has 0 saturated carbocycles. The fourth-order valence-electron chi connectivity index (χ4n) is 1.95. The van der Waals surface area contributed by atoms with Gasteiger partial charge in [0.05, 0.1) is 5.69 Å². The Morgan fingerprint density at radius 1 is 1.21 bits per heavy atom. The van der Waals surface area contributed by atoms with Gasteiger partial charge in [-0.2, -0.15) is 0 Å². The molecule has 1 heterocycles. The van der Waals surface area contributed by atoms with Gasteiger partial charge in [-0.1, -0.05) is 30.3 Å². The van der Waals surface area contributed by atoms with Crippen molar-refractivity contribution in [2.45, 2.75) is 20.8 Å². The highest BCUT2D eigenvalue weighted by atomic mass is 32.1. The largest absolute Gasteiger partial charge is 0.338 e. The SMILES string of the molecule is CCN(CC)C(=O)c1sc(-c2ccccc2)nc1C. The van der Waals surface area contributed by atoms with E-state index in [-0.39, 0.29) is 5.91 Å². The Bertz CT molecular complexity index is 559. The number of benzene rings is 1. The number of carbonyl (C=O) groups excluding carboxylic acids is 1. The summed E-state index contributed by atoms with van der Waals surface area (Å²) in [5.41, 5.74) is 1.88. The minimum Gasteiger partial charge on any atom is -0.338 e. The molecular formula is C15H18N2OS. The Morgan fingerprint density at radius 2 is 1.84 bits per heavy atom. The lowest BCUT2D eigenvalue weighted by Crippen LogP contribution is -2.30. The summed E-state index contributed by atoms with van der Waals surface area (Å²) < 4.78 is 0. The summed E-state index contributed by atoms with van der Waals surface area (Å²) in [6, 6.07) is 9.98. The van der Waals surface area contributed by atoms with Crippen molar-refractivity contribution in [2.75, 3.05) is 13.1 Å². The van der Waals surface area contributed by atoms with Gasteiger partial charge in [0.1, 0.15) is 9.88 Å². The molecule has 0 spiro atoms. The van der Waals surface area contributed by atoms with Crippen LogP contribution in [0.2, 0.25) is 0 Å². The summed E-state index contributed by atoms with van der Waals surface area (Å²) in [6.07, 6.45) is 0. The average Bonchev–Trinajstić information content (AvgIpc) is 2.83. The zero-order valence-corrected chi connectivity index (χ0v) is 12.3. The predicted molar refractivity (Wildman–Crippen MR) is 79.5 cm³/mol. The summed E-state index contributed by atoms with van der Waals surface area (Å²) in [6.45, 7) is 7.35. The number of rotatable bonds is 4. The number of carbonyl (C=O) groups is 1. The van der Waals surface area contributed by atoms with Gasteiger partial charge in [0.15, 0.2) is 0 Å². The third-order valence-corrected chi connectivity index (χ3v) is 4.26. The number of aryl methyl sites for hydroxylation is 1. The highest BCUT2D eigenvalue weighted by Gasteiger charge is 2.19. The molecule has 0 unspecified atom stereocenters. The Balaban J connectivity index is 2.34. The van der Waals surface area contributed by atoms with E-state index >= 15 is 0 Å². The highest BCUT2D eigenvalue weighted by Crippen LogP contribution is 2.28. The molecule has 1 aromatic heterocycles. The Hall–Kier alpha value is -1.68. The van der Waals surface area contributed by atoms with E-state index in [2.05, 4.69) is 4.98 Å². The molecule has 2 rings (SSSR count). The van der Waals surface area contributed by atoms with E-state index in [0.29, 0.717) is 0 Å². The zero-order valence-electron chi connectivity index (χ0n) is 11.5. The number of nitrogens with zero attached hydrogens (tertiary/aromatic N) is 2. The van der Waals surface area contributed by atoms with Crippen LogP contribution in [-0.2, 0) is 0 Å². The van der Waals surface area contributed by atoms with Gasteiger partial charge >= 0.3 is 0 Å². The first-order chi connectivity index (χ1) is 9.17. The van der Waals surface area contributed by atoms with Crippen molar-refractivity contribution in [1.29, 1.82) is 0 Å². The standard InChI is InChI=1S/C15H18N2OS/c1-4-17(5-2)15(18)13-11(3)16-14(19-13)12-9-7-6-8-10-12/h6-10H,4-5H2,1-3H3. The molecule has 100 valence electrons. The number of amides is 1. The fraction of sp³-hybridized carbons (Fsp3) is 0.333. The first-order valence-electron chi connectivity index (χ1n) is 6.49. The Kier molecular flexibility index (Phi) is 4.32. The minimum atomic E-state index is 0.0854. The van der Waals surface area contributed by atoms with E-state index < -0.39 is 0 Å². The molecule has 3 nitrogen and oxygen atoms in total. The van der Waals surface area contributed by atoms with Gasteiger partial charge < -0.3 is 4.90 Å². The van der Waals surface area contributed by atoms with Gasteiger partial charge in [-0.05, 0) is 20.8 Å². The molecular weight excluding hydrogens is 256 g/mol. The van der Waals surface area contributed by atoms with Crippen LogP contribution in [0.4, 0.5) is 0 Å². The van der Waals surface area contributed by atoms with E-state index in [1.54, 1.807) is 0 Å². The summed E-state index contributed by atoms with van der Waals surface area (Å²) >= 11 is 1.48. The molecule has 1 amide bonds. The molecule has 0 atom stereocenters. The van der Waals surface area contributed by atoms with Crippen LogP contribution < -0.4 is 0 Å². The second-order valence-corrected chi connectivity index (χ2v) is 5.28. The van der Waals surface area contributed by atoms with Crippen LogP contribution in [0.5, 0.6) is 0 Å². The van der Waals surface area contributed by atoms with Crippen LogP contribution in [0.25, 0.3) is 10.6 Å². The third kappa shape index (κ3) is 2.84. The van der Waals surface area contributed by atoms with E-state index in [9.17, 15) is 4.79 Å². The Labute approximate surface area is 117 Å². The molecule has 0 fully saturated rings. The summed E-state index contributed by atoms with van der Waals surface area (Å²) in [4.78, 5) is 19.5. The van der Waals surface area contributed by atoms with Crippen molar-refractivity contribution in [1.82, 2.24) is 9.88 Å². The molecule has 0 saturated heterocycles. The van der Waals surface area contributed by atoms with Gasteiger partial charge in [-0.15, -0.1) is 11.3 Å². The first-order valence-corrected chi connectivity index (χ1v) is 7.31. The van der Waals surface area contributed by atoms with Crippen molar-refractivity contribution >= 4 is 17.2 Å².